The average Bonchev–Trinajstić information content (AvgIpc) is 3.27. The van der Waals surface area contributed by atoms with Crippen molar-refractivity contribution in [3.63, 3.8) is 0 Å². The molecule has 2 aromatic rings. The molecule has 2 amide bonds. The van der Waals surface area contributed by atoms with Gasteiger partial charge < -0.3 is 14.2 Å². The van der Waals surface area contributed by atoms with E-state index in [-0.39, 0.29) is 17.9 Å². The van der Waals surface area contributed by atoms with Crippen LogP contribution in [0.5, 0.6) is 0 Å². The number of carbonyl (C=O) groups is 2. The van der Waals surface area contributed by atoms with Gasteiger partial charge in [-0.2, -0.15) is 0 Å². The number of nitrogens with zero attached hydrogens (tertiary/aromatic N) is 3. The van der Waals surface area contributed by atoms with E-state index >= 15 is 0 Å². The molecule has 7 heteroatoms. The highest BCUT2D eigenvalue weighted by Gasteiger charge is 2.29. The fourth-order valence-corrected chi connectivity index (χ4v) is 4.63. The van der Waals surface area contributed by atoms with E-state index in [9.17, 15) is 9.59 Å². The lowest BCUT2D eigenvalue weighted by Gasteiger charge is -2.32. The number of hydrogen-bond acceptors (Lipinski definition) is 4. The van der Waals surface area contributed by atoms with Gasteiger partial charge in [-0.15, -0.1) is 0 Å². The minimum absolute atomic E-state index is 0.0642. The highest BCUT2D eigenvalue weighted by atomic mass is 127. The highest BCUT2D eigenvalue weighted by molar-refractivity contribution is 14.1. The van der Waals surface area contributed by atoms with Crippen LogP contribution in [0.4, 0.5) is 0 Å². The van der Waals surface area contributed by atoms with E-state index in [0.29, 0.717) is 35.5 Å². The fourth-order valence-electron chi connectivity index (χ4n) is 4.15. The molecule has 152 valence electrons. The number of amides is 2. The quantitative estimate of drug-likeness (QED) is 0.468. The maximum atomic E-state index is 13.1. The molecule has 0 N–H and O–H groups in total. The summed E-state index contributed by atoms with van der Waals surface area (Å²) in [5.41, 5.74) is 3.83. The predicted octanol–water partition coefficient (Wildman–Crippen LogP) is 3.87. The van der Waals surface area contributed by atoms with Crippen molar-refractivity contribution < 1.29 is 14.0 Å². The first kappa shape index (κ1) is 20.1. The number of aromatic nitrogens is 1. The smallest absolute Gasteiger partial charge is 0.276 e. The van der Waals surface area contributed by atoms with Crippen molar-refractivity contribution in [1.29, 1.82) is 0 Å². The Morgan fingerprint density at radius 3 is 2.90 bits per heavy atom. The van der Waals surface area contributed by atoms with Gasteiger partial charge in [-0.1, -0.05) is 52.9 Å². The third-order valence-corrected chi connectivity index (χ3v) is 6.45. The molecule has 29 heavy (non-hydrogen) atoms. The summed E-state index contributed by atoms with van der Waals surface area (Å²) in [6.45, 7) is 1.21. The van der Waals surface area contributed by atoms with E-state index in [1.165, 1.54) is 17.4 Å². The zero-order valence-corrected chi connectivity index (χ0v) is 18.6. The van der Waals surface area contributed by atoms with Gasteiger partial charge in [-0.3, -0.25) is 9.59 Å². The molecule has 0 fully saturated rings. The predicted molar refractivity (Wildman–Crippen MR) is 119 cm³/mol. The van der Waals surface area contributed by atoms with Crippen molar-refractivity contribution in [2.24, 2.45) is 0 Å². The number of benzene rings is 1. The van der Waals surface area contributed by atoms with Crippen LogP contribution in [0.25, 0.3) is 5.57 Å². The molecule has 2 aliphatic rings. The van der Waals surface area contributed by atoms with Gasteiger partial charge in [0.2, 0.25) is 11.8 Å². The summed E-state index contributed by atoms with van der Waals surface area (Å²) in [6, 6.07) is 8.42. The van der Waals surface area contributed by atoms with Crippen LogP contribution in [0, 0.1) is 0 Å². The Morgan fingerprint density at radius 2 is 2.14 bits per heavy atom. The first-order valence-corrected chi connectivity index (χ1v) is 11.4. The second kappa shape index (κ2) is 8.69. The number of alkyl halides is 1. The Kier molecular flexibility index (Phi) is 6.03. The van der Waals surface area contributed by atoms with Crippen LogP contribution < -0.4 is 0 Å². The van der Waals surface area contributed by atoms with Crippen LogP contribution in [0.15, 0.2) is 41.0 Å². The number of hydrogen-bond donors (Lipinski definition) is 0. The van der Waals surface area contributed by atoms with E-state index < -0.39 is 0 Å². The Morgan fingerprint density at radius 1 is 1.31 bits per heavy atom. The minimum Gasteiger partial charge on any atom is -0.444 e. The first-order valence-electron chi connectivity index (χ1n) is 9.92. The molecule has 6 nitrogen and oxygen atoms in total. The van der Waals surface area contributed by atoms with Crippen LogP contribution in [0.2, 0.25) is 0 Å². The third kappa shape index (κ3) is 4.10. The van der Waals surface area contributed by atoms with Crippen LogP contribution in [0.1, 0.15) is 52.8 Å². The summed E-state index contributed by atoms with van der Waals surface area (Å²) in [7, 11) is 1.84. The zero-order chi connectivity index (χ0) is 20.4. The molecule has 1 aliphatic carbocycles. The molecule has 0 saturated carbocycles. The number of rotatable bonds is 4. The molecule has 1 atom stereocenters. The largest absolute Gasteiger partial charge is 0.444 e. The molecule has 0 spiro atoms. The molecule has 0 saturated heterocycles. The topological polar surface area (TPSA) is 66.7 Å². The molecule has 1 aliphatic heterocycles. The molecule has 1 unspecified atom stereocenters. The number of fused-ring (bicyclic) bond motifs is 1. The second-order valence-electron chi connectivity index (χ2n) is 7.51. The number of oxazole rings is 1. The lowest BCUT2D eigenvalue weighted by Crippen LogP contribution is -2.35. The van der Waals surface area contributed by atoms with Crippen LogP contribution in [-0.4, -0.2) is 51.2 Å². The highest BCUT2D eigenvalue weighted by Crippen LogP contribution is 2.34. The van der Waals surface area contributed by atoms with E-state index in [2.05, 4.69) is 45.8 Å². The van der Waals surface area contributed by atoms with Crippen LogP contribution in [0.3, 0.4) is 0 Å². The molecular formula is C22H24IN3O3. The van der Waals surface area contributed by atoms with Gasteiger partial charge in [0, 0.05) is 25.7 Å². The Bertz CT molecular complexity index is 952. The molecule has 1 aromatic heterocycles. The van der Waals surface area contributed by atoms with E-state index in [1.54, 1.807) is 4.90 Å². The maximum Gasteiger partial charge on any atom is 0.276 e. The Labute approximate surface area is 184 Å². The van der Waals surface area contributed by atoms with Gasteiger partial charge in [0.1, 0.15) is 6.26 Å². The van der Waals surface area contributed by atoms with Crippen LogP contribution >= 0.6 is 22.6 Å². The van der Waals surface area contributed by atoms with Gasteiger partial charge >= 0.3 is 0 Å². The summed E-state index contributed by atoms with van der Waals surface area (Å²) < 4.78 is 6.10. The first-order chi connectivity index (χ1) is 14.1. The molecule has 2 heterocycles. The van der Waals surface area contributed by atoms with Crippen molar-refractivity contribution in [2.75, 3.05) is 24.6 Å². The van der Waals surface area contributed by atoms with Crippen molar-refractivity contribution in [2.45, 2.75) is 31.7 Å². The lowest BCUT2D eigenvalue weighted by molar-refractivity contribution is -0.127. The number of carbonyl (C=O) groups excluding carboxylic acids is 2. The number of aryl methyl sites for hydroxylation is 1. The maximum absolute atomic E-state index is 13.1. The van der Waals surface area contributed by atoms with Gasteiger partial charge in [-0.05, 0) is 36.8 Å². The van der Waals surface area contributed by atoms with Crippen molar-refractivity contribution in [1.82, 2.24) is 14.8 Å². The summed E-state index contributed by atoms with van der Waals surface area (Å²) >= 11 is 2.08. The van der Waals surface area contributed by atoms with Gasteiger partial charge in [-0.25, -0.2) is 4.98 Å². The second-order valence-corrected chi connectivity index (χ2v) is 8.28. The normalized spacial score (nSPS) is 18.8. The monoisotopic (exact) mass is 505 g/mol. The van der Waals surface area contributed by atoms with Gasteiger partial charge in [0.25, 0.3) is 5.91 Å². The molecule has 0 radical (unpaired) electrons. The molecule has 1 aromatic carbocycles. The third-order valence-electron chi connectivity index (χ3n) is 5.80. The van der Waals surface area contributed by atoms with Crippen molar-refractivity contribution >= 4 is 40.0 Å². The Balaban J connectivity index is 1.48. The zero-order valence-electron chi connectivity index (χ0n) is 16.4. The standard InChI is InChI=1S/C22H24IN3O3/c1-25(19-8-4-6-15-5-2-3-7-17(15)19)22(28)18-14-29-21(24-18)16-9-11-26(12-10-16)20(27)13-23/h2-3,5,7,9,14,19H,4,6,8,10-13H2,1H3. The summed E-state index contributed by atoms with van der Waals surface area (Å²) in [5.74, 6) is 0.491. The summed E-state index contributed by atoms with van der Waals surface area (Å²) in [5, 5.41) is 0. The van der Waals surface area contributed by atoms with E-state index in [4.69, 9.17) is 4.42 Å². The van der Waals surface area contributed by atoms with Gasteiger partial charge in [0.15, 0.2) is 5.69 Å². The molecule has 4 rings (SSSR count). The minimum atomic E-state index is -0.125. The summed E-state index contributed by atoms with van der Waals surface area (Å²) in [6.07, 6.45) is 7.19. The van der Waals surface area contributed by atoms with E-state index in [1.807, 2.05) is 24.1 Å². The fraction of sp³-hybridized carbons (Fsp3) is 0.409. The number of halogens is 1. The SMILES string of the molecule is CN(C(=O)c1coc(C2=CCN(C(=O)CI)CC2)n1)C1CCCc2ccccc21. The lowest BCUT2D eigenvalue weighted by atomic mass is 9.87. The van der Waals surface area contributed by atoms with E-state index in [0.717, 1.165) is 24.8 Å². The van der Waals surface area contributed by atoms with Gasteiger partial charge in [0.05, 0.1) is 10.5 Å². The van der Waals surface area contributed by atoms with Crippen molar-refractivity contribution in [3.05, 3.63) is 59.3 Å². The average molecular weight is 505 g/mol. The molecule has 0 bridgehead atoms. The Hall–Kier alpha value is -2.16. The summed E-state index contributed by atoms with van der Waals surface area (Å²) in [4.78, 5) is 32.9. The van der Waals surface area contributed by atoms with Crippen LogP contribution in [-0.2, 0) is 11.2 Å². The van der Waals surface area contributed by atoms with Crippen molar-refractivity contribution in [3.8, 4) is 0 Å². The molecular weight excluding hydrogens is 481 g/mol.